The predicted octanol–water partition coefficient (Wildman–Crippen LogP) is 1.81. The number of nitro groups is 1. The van der Waals surface area contributed by atoms with E-state index in [2.05, 4.69) is 5.32 Å². The minimum atomic E-state index is -3.97. The molecule has 3 N–H and O–H groups in total. The van der Waals surface area contributed by atoms with Gasteiger partial charge in [0, 0.05) is 17.2 Å². The molecule has 0 unspecified atom stereocenters. The first-order valence-electron chi connectivity index (χ1n) is 6.90. The number of carbonyl (C=O) groups excluding carboxylic acids is 1. The molecule has 0 aliphatic rings. The Morgan fingerprint density at radius 1 is 1.24 bits per heavy atom. The SMILES string of the molecule is COc1ccc(S(N)(=O)=O)cc1NC(=O)c1ccc(C)c([N+](=O)[O-])c1. The molecule has 0 fully saturated rings. The van der Waals surface area contributed by atoms with Gasteiger partial charge in [-0.2, -0.15) is 0 Å². The highest BCUT2D eigenvalue weighted by molar-refractivity contribution is 7.89. The molecule has 0 bridgehead atoms. The quantitative estimate of drug-likeness (QED) is 0.611. The van der Waals surface area contributed by atoms with Crippen LogP contribution in [0.4, 0.5) is 11.4 Å². The van der Waals surface area contributed by atoms with Crippen LogP contribution in [0.3, 0.4) is 0 Å². The van der Waals surface area contributed by atoms with E-state index in [4.69, 9.17) is 9.88 Å². The monoisotopic (exact) mass is 365 g/mol. The van der Waals surface area contributed by atoms with Crippen molar-refractivity contribution in [2.75, 3.05) is 12.4 Å². The van der Waals surface area contributed by atoms with Gasteiger partial charge in [0.15, 0.2) is 0 Å². The maximum atomic E-state index is 12.4. The summed E-state index contributed by atoms with van der Waals surface area (Å²) in [5.74, 6) is -0.449. The van der Waals surface area contributed by atoms with Crippen molar-refractivity contribution >= 4 is 27.3 Å². The van der Waals surface area contributed by atoms with Crippen molar-refractivity contribution in [2.45, 2.75) is 11.8 Å². The average molecular weight is 365 g/mol. The summed E-state index contributed by atoms with van der Waals surface area (Å²) in [5.41, 5.74) is 0.330. The van der Waals surface area contributed by atoms with E-state index in [1.807, 2.05) is 0 Å². The minimum absolute atomic E-state index is 0.0420. The molecule has 2 aromatic rings. The number of rotatable bonds is 5. The maximum Gasteiger partial charge on any atom is 0.273 e. The molecule has 132 valence electrons. The minimum Gasteiger partial charge on any atom is -0.495 e. The van der Waals surface area contributed by atoms with Gasteiger partial charge in [-0.1, -0.05) is 6.07 Å². The van der Waals surface area contributed by atoms with E-state index in [1.165, 1.54) is 31.4 Å². The Labute approximate surface area is 143 Å². The molecule has 10 heteroatoms. The van der Waals surface area contributed by atoms with Crippen LogP contribution in [-0.4, -0.2) is 26.4 Å². The summed E-state index contributed by atoms with van der Waals surface area (Å²) in [6.45, 7) is 1.55. The standard InChI is InChI=1S/C15H15N3O6S/c1-9-3-4-10(7-13(9)18(20)21)15(19)17-12-8-11(25(16,22)23)5-6-14(12)24-2/h3-8H,1-2H3,(H,17,19)(H2,16,22,23). The molecular weight excluding hydrogens is 350 g/mol. The van der Waals surface area contributed by atoms with E-state index in [-0.39, 0.29) is 27.6 Å². The highest BCUT2D eigenvalue weighted by Gasteiger charge is 2.18. The molecule has 0 atom stereocenters. The summed E-state index contributed by atoms with van der Waals surface area (Å²) < 4.78 is 28.0. The van der Waals surface area contributed by atoms with Crippen LogP contribution in [-0.2, 0) is 10.0 Å². The molecule has 0 radical (unpaired) electrons. The number of sulfonamides is 1. The van der Waals surface area contributed by atoms with Gasteiger partial charge in [0.1, 0.15) is 5.75 Å². The van der Waals surface area contributed by atoms with Gasteiger partial charge in [0.2, 0.25) is 10.0 Å². The normalized spacial score (nSPS) is 11.0. The molecule has 0 saturated heterocycles. The number of aryl methyl sites for hydroxylation is 1. The Morgan fingerprint density at radius 2 is 1.92 bits per heavy atom. The fourth-order valence-electron chi connectivity index (χ4n) is 2.10. The lowest BCUT2D eigenvalue weighted by atomic mass is 10.1. The second-order valence-corrected chi connectivity index (χ2v) is 6.68. The van der Waals surface area contributed by atoms with Crippen molar-refractivity contribution in [2.24, 2.45) is 5.14 Å². The topological polar surface area (TPSA) is 142 Å². The molecule has 9 nitrogen and oxygen atoms in total. The third-order valence-electron chi connectivity index (χ3n) is 3.42. The molecular formula is C15H15N3O6S. The van der Waals surface area contributed by atoms with Gasteiger partial charge in [0.05, 0.1) is 22.6 Å². The van der Waals surface area contributed by atoms with Crippen LogP contribution in [0.25, 0.3) is 0 Å². The van der Waals surface area contributed by atoms with Crippen molar-refractivity contribution in [1.82, 2.24) is 0 Å². The Balaban J connectivity index is 2.41. The number of hydrogen-bond acceptors (Lipinski definition) is 6. The number of methoxy groups -OCH3 is 1. The summed E-state index contributed by atoms with van der Waals surface area (Å²) in [7, 11) is -2.62. The van der Waals surface area contributed by atoms with Gasteiger partial charge >= 0.3 is 0 Å². The zero-order valence-corrected chi connectivity index (χ0v) is 14.2. The van der Waals surface area contributed by atoms with Crippen LogP contribution in [0.1, 0.15) is 15.9 Å². The molecule has 0 aliphatic heterocycles. The predicted molar refractivity (Wildman–Crippen MR) is 90.2 cm³/mol. The van der Waals surface area contributed by atoms with Crippen LogP contribution >= 0.6 is 0 Å². The highest BCUT2D eigenvalue weighted by atomic mass is 32.2. The molecule has 0 saturated carbocycles. The number of carbonyl (C=O) groups is 1. The molecule has 2 rings (SSSR count). The molecule has 0 heterocycles. The lowest BCUT2D eigenvalue weighted by molar-refractivity contribution is -0.385. The number of anilines is 1. The van der Waals surface area contributed by atoms with Gasteiger partial charge < -0.3 is 10.1 Å². The third kappa shape index (κ3) is 4.11. The first kappa shape index (κ1) is 18.4. The van der Waals surface area contributed by atoms with Crippen LogP contribution < -0.4 is 15.2 Å². The smallest absolute Gasteiger partial charge is 0.273 e. The Bertz CT molecular complexity index is 956. The lowest BCUT2D eigenvalue weighted by Gasteiger charge is -2.12. The number of nitrogens with one attached hydrogen (secondary N) is 1. The Morgan fingerprint density at radius 3 is 2.48 bits per heavy atom. The number of benzene rings is 2. The number of ether oxygens (including phenoxy) is 1. The molecule has 2 aromatic carbocycles. The van der Waals surface area contributed by atoms with Gasteiger partial charge in [-0.05, 0) is 31.2 Å². The lowest BCUT2D eigenvalue weighted by Crippen LogP contribution is -2.15. The van der Waals surface area contributed by atoms with Crippen LogP contribution in [0.2, 0.25) is 0 Å². The third-order valence-corrected chi connectivity index (χ3v) is 4.33. The fraction of sp³-hybridized carbons (Fsp3) is 0.133. The van der Waals surface area contributed by atoms with Gasteiger partial charge in [0.25, 0.3) is 11.6 Å². The van der Waals surface area contributed by atoms with E-state index in [9.17, 15) is 23.3 Å². The Kier molecular flexibility index (Phi) is 5.04. The number of hydrogen-bond donors (Lipinski definition) is 2. The number of primary sulfonamides is 1. The van der Waals surface area contributed by atoms with E-state index < -0.39 is 20.9 Å². The average Bonchev–Trinajstić information content (AvgIpc) is 2.54. The van der Waals surface area contributed by atoms with Gasteiger partial charge in [-0.15, -0.1) is 0 Å². The van der Waals surface area contributed by atoms with E-state index >= 15 is 0 Å². The summed E-state index contributed by atoms with van der Waals surface area (Å²) in [5, 5.41) is 18.5. The number of nitro benzene ring substituents is 1. The van der Waals surface area contributed by atoms with Crippen molar-refractivity contribution in [3.63, 3.8) is 0 Å². The Hall–Kier alpha value is -2.98. The first-order valence-corrected chi connectivity index (χ1v) is 8.45. The van der Waals surface area contributed by atoms with Gasteiger partial charge in [-0.25, -0.2) is 13.6 Å². The zero-order chi connectivity index (χ0) is 18.8. The van der Waals surface area contributed by atoms with E-state index in [0.29, 0.717) is 5.56 Å². The second kappa shape index (κ2) is 6.87. The molecule has 0 aliphatic carbocycles. The fourth-order valence-corrected chi connectivity index (χ4v) is 2.64. The summed E-state index contributed by atoms with van der Waals surface area (Å²) in [6.07, 6.45) is 0. The van der Waals surface area contributed by atoms with Crippen molar-refractivity contribution < 1.29 is 22.9 Å². The summed E-state index contributed by atoms with van der Waals surface area (Å²) >= 11 is 0. The van der Waals surface area contributed by atoms with Gasteiger partial charge in [-0.3, -0.25) is 14.9 Å². The molecule has 0 aromatic heterocycles. The van der Waals surface area contributed by atoms with Crippen molar-refractivity contribution in [1.29, 1.82) is 0 Å². The van der Waals surface area contributed by atoms with E-state index in [0.717, 1.165) is 12.1 Å². The molecule has 0 spiro atoms. The second-order valence-electron chi connectivity index (χ2n) is 5.12. The number of nitrogens with zero attached hydrogens (tertiary/aromatic N) is 1. The van der Waals surface area contributed by atoms with Crippen LogP contribution in [0.15, 0.2) is 41.3 Å². The molecule has 1 amide bonds. The first-order chi connectivity index (χ1) is 11.6. The summed E-state index contributed by atoms with van der Waals surface area (Å²) in [6, 6.07) is 7.74. The van der Waals surface area contributed by atoms with Crippen LogP contribution in [0, 0.1) is 17.0 Å². The van der Waals surface area contributed by atoms with Crippen molar-refractivity contribution in [3.05, 3.63) is 57.6 Å². The molecule has 25 heavy (non-hydrogen) atoms. The zero-order valence-electron chi connectivity index (χ0n) is 13.3. The summed E-state index contributed by atoms with van der Waals surface area (Å²) in [4.78, 5) is 22.5. The van der Waals surface area contributed by atoms with Crippen LogP contribution in [0.5, 0.6) is 5.75 Å². The maximum absolute atomic E-state index is 12.4. The van der Waals surface area contributed by atoms with E-state index in [1.54, 1.807) is 6.92 Å². The number of amides is 1. The largest absolute Gasteiger partial charge is 0.495 e. The van der Waals surface area contributed by atoms with Crippen molar-refractivity contribution in [3.8, 4) is 5.75 Å². The highest BCUT2D eigenvalue weighted by Crippen LogP contribution is 2.28. The number of nitrogens with two attached hydrogens (primary N) is 1.